The second kappa shape index (κ2) is 10.9. The van der Waals surface area contributed by atoms with Crippen LogP contribution >= 0.6 is 0 Å². The Balaban J connectivity index is 0.00000210. The summed E-state index contributed by atoms with van der Waals surface area (Å²) in [5.74, 6) is 0. The zero-order valence-corrected chi connectivity index (χ0v) is 24.4. The molecule has 0 aromatic heterocycles. The smallest absolute Gasteiger partial charge is 1.00 e. The van der Waals surface area contributed by atoms with E-state index >= 15 is 0 Å². The summed E-state index contributed by atoms with van der Waals surface area (Å²) in [5.41, 5.74) is 8.64. The largest absolute Gasteiger partial charge is 1.00 e. The molecule has 5 heteroatoms. The van der Waals surface area contributed by atoms with Crippen LogP contribution in [0.25, 0.3) is 11.1 Å². The van der Waals surface area contributed by atoms with Crippen LogP contribution in [0.15, 0.2) is 69.7 Å². The summed E-state index contributed by atoms with van der Waals surface area (Å²) in [6.07, 6.45) is 5.15. The van der Waals surface area contributed by atoms with Crippen molar-refractivity contribution in [2.45, 2.75) is 49.0 Å². The first kappa shape index (κ1) is 26.9. The summed E-state index contributed by atoms with van der Waals surface area (Å²) in [4.78, 5) is 0. The Labute approximate surface area is 203 Å². The molecule has 0 heterocycles. The van der Waals surface area contributed by atoms with Gasteiger partial charge in [-0.05, 0) is 0 Å². The molecule has 0 N–H and O–H groups in total. The van der Waals surface area contributed by atoms with Crippen LogP contribution in [0, 0.1) is 0 Å². The summed E-state index contributed by atoms with van der Waals surface area (Å²) in [7, 11) is -2.24. The van der Waals surface area contributed by atoms with Gasteiger partial charge in [0, 0.05) is 0 Å². The summed E-state index contributed by atoms with van der Waals surface area (Å²) < 4.78 is 2.35. The SMILES string of the molecule is C[Si](C)(C)C=C[C](=CC[Si](C)(C)C)[Zr+2][CH]1c2ccccc2-c2ccccc21.[Cl-].[Cl-]. The van der Waals surface area contributed by atoms with Crippen molar-refractivity contribution in [2.24, 2.45) is 0 Å². The van der Waals surface area contributed by atoms with Crippen molar-refractivity contribution in [3.63, 3.8) is 0 Å². The first-order valence-corrected chi connectivity index (χ1v) is 19.9. The Kier molecular flexibility index (Phi) is 10.1. The molecule has 0 fully saturated rings. The average Bonchev–Trinajstić information content (AvgIpc) is 2.90. The van der Waals surface area contributed by atoms with Crippen LogP contribution in [-0.4, -0.2) is 16.1 Å². The number of allylic oxidation sites excluding steroid dienone is 3. The quantitative estimate of drug-likeness (QED) is 0.387. The van der Waals surface area contributed by atoms with Gasteiger partial charge in [-0.15, -0.1) is 0 Å². The van der Waals surface area contributed by atoms with Crippen LogP contribution in [0.1, 0.15) is 14.8 Å². The third kappa shape index (κ3) is 7.47. The molecule has 3 rings (SSSR count). The van der Waals surface area contributed by atoms with Gasteiger partial charge in [-0.1, -0.05) is 0 Å². The Morgan fingerprint density at radius 1 is 0.828 bits per heavy atom. The van der Waals surface area contributed by atoms with Gasteiger partial charge in [-0.25, -0.2) is 0 Å². The summed E-state index contributed by atoms with van der Waals surface area (Å²) in [6, 6.07) is 19.5. The van der Waals surface area contributed by atoms with Crippen LogP contribution in [0.2, 0.25) is 45.3 Å². The first-order chi connectivity index (χ1) is 12.6. The van der Waals surface area contributed by atoms with E-state index in [1.54, 1.807) is 14.4 Å². The van der Waals surface area contributed by atoms with Gasteiger partial charge in [0.1, 0.15) is 0 Å². The Morgan fingerprint density at radius 2 is 1.31 bits per heavy atom. The van der Waals surface area contributed by atoms with Crippen LogP contribution < -0.4 is 24.8 Å². The number of hydrogen-bond acceptors (Lipinski definition) is 0. The maximum Gasteiger partial charge on any atom is -1.00 e. The van der Waals surface area contributed by atoms with E-state index in [2.05, 4.69) is 106 Å². The minimum Gasteiger partial charge on any atom is -1.00 e. The summed E-state index contributed by atoms with van der Waals surface area (Å²) in [6.45, 7) is 14.7. The molecule has 2 aromatic rings. The third-order valence-electron chi connectivity index (χ3n) is 4.84. The minimum absolute atomic E-state index is 0. The molecule has 0 spiro atoms. The van der Waals surface area contributed by atoms with E-state index in [9.17, 15) is 0 Å². The predicted octanol–water partition coefficient (Wildman–Crippen LogP) is 1.50. The third-order valence-corrected chi connectivity index (χ3v) is 11.4. The molecule has 0 radical (unpaired) electrons. The molecule has 1 aliphatic rings. The number of halogens is 2. The Morgan fingerprint density at radius 3 is 1.76 bits per heavy atom. The number of benzene rings is 2. The molecule has 0 saturated heterocycles. The van der Waals surface area contributed by atoms with E-state index in [1.807, 2.05) is 0 Å². The predicted molar refractivity (Wildman–Crippen MR) is 122 cm³/mol. The summed E-state index contributed by atoms with van der Waals surface area (Å²) >= 11 is -0.781. The van der Waals surface area contributed by atoms with Gasteiger partial charge in [-0.2, -0.15) is 0 Å². The van der Waals surface area contributed by atoms with Crippen molar-refractivity contribution in [3.8, 4) is 11.1 Å². The molecule has 29 heavy (non-hydrogen) atoms. The number of rotatable bonds is 6. The zero-order valence-electron chi connectivity index (χ0n) is 18.4. The van der Waals surface area contributed by atoms with Gasteiger partial charge in [0.2, 0.25) is 0 Å². The minimum atomic E-state index is -1.18. The molecular formula is C24H32Cl2Si2Zr. The monoisotopic (exact) mass is 536 g/mol. The van der Waals surface area contributed by atoms with Crippen molar-refractivity contribution in [2.75, 3.05) is 0 Å². The molecule has 0 nitrogen and oxygen atoms in total. The van der Waals surface area contributed by atoms with E-state index in [0.29, 0.717) is 3.63 Å². The van der Waals surface area contributed by atoms with Gasteiger partial charge in [-0.3, -0.25) is 0 Å². The molecule has 0 saturated carbocycles. The van der Waals surface area contributed by atoms with Gasteiger partial charge in [0.05, 0.1) is 0 Å². The van der Waals surface area contributed by atoms with Crippen LogP contribution in [-0.2, 0) is 23.2 Å². The van der Waals surface area contributed by atoms with Gasteiger partial charge in [0.25, 0.3) is 0 Å². The molecule has 0 unspecified atom stereocenters. The zero-order chi connectivity index (χ0) is 19.7. The summed E-state index contributed by atoms with van der Waals surface area (Å²) in [5, 5.41) is 0. The van der Waals surface area contributed by atoms with E-state index in [4.69, 9.17) is 0 Å². The Hall–Kier alpha value is -0.183. The van der Waals surface area contributed by atoms with Crippen LogP contribution in [0.5, 0.6) is 0 Å². The topological polar surface area (TPSA) is 0 Å². The molecule has 0 aliphatic heterocycles. The molecular weight excluding hydrogens is 507 g/mol. The van der Waals surface area contributed by atoms with E-state index in [0.717, 1.165) is 0 Å². The van der Waals surface area contributed by atoms with Crippen molar-refractivity contribution < 1.29 is 48.0 Å². The molecule has 0 bridgehead atoms. The van der Waals surface area contributed by atoms with E-state index in [1.165, 1.54) is 17.2 Å². The van der Waals surface area contributed by atoms with Crippen molar-refractivity contribution in [1.29, 1.82) is 0 Å². The van der Waals surface area contributed by atoms with Gasteiger partial charge < -0.3 is 24.8 Å². The molecule has 154 valence electrons. The second-order valence-electron chi connectivity index (χ2n) is 9.88. The first-order valence-electron chi connectivity index (χ1n) is 9.98. The second-order valence-corrected chi connectivity index (χ2v) is 24.0. The fourth-order valence-corrected chi connectivity index (χ4v) is 9.64. The Bertz CT molecular complexity index is 831. The van der Waals surface area contributed by atoms with Crippen molar-refractivity contribution >= 4 is 16.1 Å². The fraction of sp³-hybridized carbons (Fsp3) is 0.333. The number of fused-ring (bicyclic) bond motifs is 3. The van der Waals surface area contributed by atoms with Crippen molar-refractivity contribution in [3.05, 3.63) is 80.8 Å². The maximum atomic E-state index is 2.62. The molecule has 0 amide bonds. The molecule has 2 aromatic carbocycles. The normalized spacial score (nSPS) is 13.9. The standard InChI is InChI=1S/C13H9.C11H23Si2.2ClH.Zr/c1-3-7-12-10(5-1)9-11-6-2-4-8-13(11)12;1-12(2,3)10-8-7-9-11-13(4,5)6;;;/h1-9H;8-10H,11H2,1-6H3;2*1H;/q;;;;+2/p-2. The molecule has 0 atom stereocenters. The fourth-order valence-electron chi connectivity index (χ4n) is 3.41. The van der Waals surface area contributed by atoms with E-state index < -0.39 is 39.4 Å². The van der Waals surface area contributed by atoms with Crippen LogP contribution in [0.4, 0.5) is 0 Å². The van der Waals surface area contributed by atoms with Gasteiger partial charge >= 0.3 is 180 Å². The van der Waals surface area contributed by atoms with Gasteiger partial charge in [0.15, 0.2) is 0 Å². The number of hydrogen-bond donors (Lipinski definition) is 0. The van der Waals surface area contributed by atoms with Crippen LogP contribution in [0.3, 0.4) is 0 Å². The average molecular weight is 539 g/mol. The molecule has 1 aliphatic carbocycles. The van der Waals surface area contributed by atoms with E-state index in [-0.39, 0.29) is 24.8 Å². The van der Waals surface area contributed by atoms with Crippen molar-refractivity contribution in [1.82, 2.24) is 0 Å². The maximum absolute atomic E-state index is 2.62.